The first-order valence-electron chi connectivity index (χ1n) is 7.76. The summed E-state index contributed by atoms with van der Waals surface area (Å²) >= 11 is 0. The molecule has 8 heteroatoms. The number of phenols is 2. The minimum Gasteiger partial charge on any atom is -0.508 e. The van der Waals surface area contributed by atoms with Crippen LogP contribution in [0.1, 0.15) is 11.1 Å². The van der Waals surface area contributed by atoms with Crippen LogP contribution < -0.4 is 0 Å². The zero-order valence-electron chi connectivity index (χ0n) is 13.5. The van der Waals surface area contributed by atoms with Crippen LogP contribution in [0.3, 0.4) is 0 Å². The number of carboxylic acid groups (broad SMARTS) is 2. The van der Waals surface area contributed by atoms with Gasteiger partial charge in [0.15, 0.2) is 5.54 Å². The van der Waals surface area contributed by atoms with Crippen molar-refractivity contribution in [2.45, 2.75) is 5.54 Å². The molecule has 0 bridgehead atoms. The highest BCUT2D eigenvalue weighted by Gasteiger charge is 2.54. The fourth-order valence-corrected chi connectivity index (χ4v) is 3.30. The molecular formula is C18H16N2O6. The monoisotopic (exact) mass is 356 g/mol. The van der Waals surface area contributed by atoms with E-state index < -0.39 is 23.3 Å². The molecule has 0 radical (unpaired) electrons. The second kappa shape index (κ2) is 6.40. The predicted molar refractivity (Wildman–Crippen MR) is 91.3 cm³/mol. The highest BCUT2D eigenvalue weighted by Crippen LogP contribution is 2.44. The van der Waals surface area contributed by atoms with Gasteiger partial charge in [-0.3, -0.25) is 4.99 Å². The Bertz CT molecular complexity index is 863. The van der Waals surface area contributed by atoms with E-state index in [0.29, 0.717) is 0 Å². The molecule has 0 unspecified atom stereocenters. The van der Waals surface area contributed by atoms with Crippen LogP contribution in [0.2, 0.25) is 0 Å². The molecule has 0 spiro atoms. The first-order valence-corrected chi connectivity index (χ1v) is 7.76. The summed E-state index contributed by atoms with van der Waals surface area (Å²) in [6.07, 6.45) is 0. The van der Waals surface area contributed by atoms with Gasteiger partial charge in [0.1, 0.15) is 11.5 Å². The van der Waals surface area contributed by atoms with Gasteiger partial charge in [-0.25, -0.2) is 9.59 Å². The molecule has 4 N–H and O–H groups in total. The van der Waals surface area contributed by atoms with E-state index in [1.165, 1.54) is 48.5 Å². The van der Waals surface area contributed by atoms with Crippen molar-refractivity contribution >= 4 is 17.8 Å². The van der Waals surface area contributed by atoms with Crippen LogP contribution in [-0.2, 0) is 15.1 Å². The van der Waals surface area contributed by atoms with E-state index in [-0.39, 0.29) is 35.7 Å². The van der Waals surface area contributed by atoms with Gasteiger partial charge in [-0.05, 0) is 12.1 Å². The van der Waals surface area contributed by atoms with Crippen LogP contribution in [0.15, 0.2) is 53.5 Å². The topological polar surface area (TPSA) is 131 Å². The summed E-state index contributed by atoms with van der Waals surface area (Å²) in [4.78, 5) is 29.2. The molecule has 0 aliphatic carbocycles. The van der Waals surface area contributed by atoms with Crippen molar-refractivity contribution in [3.8, 4) is 11.5 Å². The molecule has 134 valence electrons. The number of hydrogen-bond acceptors (Lipinski definition) is 6. The summed E-state index contributed by atoms with van der Waals surface area (Å²) in [5, 5.41) is 40.4. The Morgan fingerprint density at radius 2 is 1.42 bits per heavy atom. The van der Waals surface area contributed by atoms with Crippen molar-refractivity contribution in [3.05, 3.63) is 59.7 Å². The van der Waals surface area contributed by atoms with Gasteiger partial charge in [0, 0.05) is 17.7 Å². The first-order chi connectivity index (χ1) is 12.4. The number of para-hydroxylation sites is 2. The molecule has 1 heterocycles. The number of aliphatic imine (C=N–C) groups is 1. The molecule has 2 aromatic rings. The van der Waals surface area contributed by atoms with E-state index in [4.69, 9.17) is 0 Å². The summed E-state index contributed by atoms with van der Waals surface area (Å²) in [6.45, 7) is 0.0778. The maximum atomic E-state index is 12.6. The molecule has 0 saturated heterocycles. The lowest BCUT2D eigenvalue weighted by molar-refractivity contribution is -0.147. The van der Waals surface area contributed by atoms with E-state index in [1.54, 1.807) is 0 Å². The first kappa shape index (κ1) is 17.3. The molecule has 0 amide bonds. The second-order valence-electron chi connectivity index (χ2n) is 5.71. The highest BCUT2D eigenvalue weighted by atomic mass is 16.4. The third kappa shape index (κ3) is 2.43. The number of benzene rings is 2. The molecule has 1 aliphatic heterocycles. The average Bonchev–Trinajstić information content (AvgIpc) is 3.08. The van der Waals surface area contributed by atoms with Gasteiger partial charge in [0.05, 0.1) is 6.54 Å². The number of hydrogen-bond donors (Lipinski definition) is 4. The number of aromatic hydroxyl groups is 2. The second-order valence-corrected chi connectivity index (χ2v) is 5.71. The van der Waals surface area contributed by atoms with Crippen molar-refractivity contribution in [3.63, 3.8) is 0 Å². The fourth-order valence-electron chi connectivity index (χ4n) is 3.30. The zero-order chi connectivity index (χ0) is 18.9. The fraction of sp³-hybridized carbons (Fsp3) is 0.167. The minimum absolute atomic E-state index is 0.00337. The van der Waals surface area contributed by atoms with Crippen LogP contribution in [0.5, 0.6) is 11.5 Å². The summed E-state index contributed by atoms with van der Waals surface area (Å²) in [5.74, 6) is -3.96. The molecular weight excluding hydrogens is 340 g/mol. The standard InChI is InChI=1S/C18H16N2O6/c21-13-7-3-1-5-11(13)18(17(25)26,12-6-2-4-8-14(12)22)20-10-9-19-15(20)16(23)24/h1-8,21-22H,9-10H2,(H,23,24)(H,25,26). The Hall–Kier alpha value is -3.55. The quantitative estimate of drug-likeness (QED) is 0.633. The molecule has 0 saturated carbocycles. The highest BCUT2D eigenvalue weighted by molar-refractivity contribution is 6.35. The van der Waals surface area contributed by atoms with Crippen LogP contribution in [-0.4, -0.2) is 56.2 Å². The molecule has 2 aromatic carbocycles. The van der Waals surface area contributed by atoms with Gasteiger partial charge in [0.25, 0.3) is 0 Å². The minimum atomic E-state index is -2.16. The molecule has 8 nitrogen and oxygen atoms in total. The lowest BCUT2D eigenvalue weighted by Gasteiger charge is -2.40. The number of carboxylic acids is 2. The van der Waals surface area contributed by atoms with Crippen LogP contribution in [0.4, 0.5) is 0 Å². The summed E-state index contributed by atoms with van der Waals surface area (Å²) in [6, 6.07) is 11.5. The Morgan fingerprint density at radius 1 is 0.923 bits per heavy atom. The van der Waals surface area contributed by atoms with E-state index in [0.717, 1.165) is 4.90 Å². The average molecular weight is 356 g/mol. The van der Waals surface area contributed by atoms with Crippen molar-refractivity contribution in [1.29, 1.82) is 0 Å². The van der Waals surface area contributed by atoms with Gasteiger partial charge < -0.3 is 25.3 Å². The third-order valence-corrected chi connectivity index (χ3v) is 4.33. The molecule has 3 rings (SSSR count). The van der Waals surface area contributed by atoms with Gasteiger partial charge in [-0.2, -0.15) is 0 Å². The predicted octanol–water partition coefficient (Wildman–Crippen LogP) is 1.22. The summed E-state index contributed by atoms with van der Waals surface area (Å²) in [5.41, 5.74) is -2.29. The van der Waals surface area contributed by atoms with E-state index in [9.17, 15) is 30.0 Å². The van der Waals surface area contributed by atoms with E-state index >= 15 is 0 Å². The zero-order valence-corrected chi connectivity index (χ0v) is 13.5. The lowest BCUT2D eigenvalue weighted by atomic mass is 9.79. The van der Waals surface area contributed by atoms with Crippen molar-refractivity contribution in [2.75, 3.05) is 13.1 Å². The lowest BCUT2D eigenvalue weighted by Crippen LogP contribution is -2.56. The number of rotatable bonds is 5. The Kier molecular flexibility index (Phi) is 4.25. The van der Waals surface area contributed by atoms with Crippen LogP contribution in [0, 0.1) is 0 Å². The Morgan fingerprint density at radius 3 is 1.85 bits per heavy atom. The van der Waals surface area contributed by atoms with E-state index in [2.05, 4.69) is 4.99 Å². The normalized spacial score (nSPS) is 14.2. The largest absolute Gasteiger partial charge is 0.508 e. The number of phenolic OH excluding ortho intramolecular Hbond substituents is 2. The van der Waals surface area contributed by atoms with E-state index in [1.807, 2.05) is 0 Å². The smallest absolute Gasteiger partial charge is 0.371 e. The van der Waals surface area contributed by atoms with Gasteiger partial charge in [-0.1, -0.05) is 36.4 Å². The molecule has 0 fully saturated rings. The SMILES string of the molecule is O=C(O)C1=NCCN1C(C(=O)O)(c1ccccc1O)c1ccccc1O. The summed E-state index contributed by atoms with van der Waals surface area (Å²) in [7, 11) is 0. The van der Waals surface area contributed by atoms with Crippen LogP contribution in [0.25, 0.3) is 0 Å². The maximum absolute atomic E-state index is 12.6. The molecule has 26 heavy (non-hydrogen) atoms. The molecule has 0 aromatic heterocycles. The van der Waals surface area contributed by atoms with Gasteiger partial charge in [0.2, 0.25) is 5.84 Å². The van der Waals surface area contributed by atoms with Crippen molar-refractivity contribution in [2.24, 2.45) is 4.99 Å². The van der Waals surface area contributed by atoms with Crippen molar-refractivity contribution < 1.29 is 30.0 Å². The number of aliphatic carboxylic acids is 2. The summed E-state index contributed by atoms with van der Waals surface area (Å²) < 4.78 is 0. The van der Waals surface area contributed by atoms with Crippen LogP contribution >= 0.6 is 0 Å². The number of amidine groups is 1. The molecule has 1 aliphatic rings. The number of carbonyl (C=O) groups is 2. The number of nitrogens with zero attached hydrogens (tertiary/aromatic N) is 2. The third-order valence-electron chi connectivity index (χ3n) is 4.33. The Labute approximate surface area is 148 Å². The Balaban J connectivity index is 2.40. The molecule has 0 atom stereocenters. The van der Waals surface area contributed by atoms with Gasteiger partial charge in [-0.15, -0.1) is 0 Å². The van der Waals surface area contributed by atoms with Gasteiger partial charge >= 0.3 is 11.9 Å². The maximum Gasteiger partial charge on any atom is 0.371 e. The van der Waals surface area contributed by atoms with Crippen molar-refractivity contribution in [1.82, 2.24) is 4.90 Å².